The van der Waals surface area contributed by atoms with E-state index in [9.17, 15) is 19.7 Å². The minimum atomic E-state index is -0.805. The molecule has 1 aromatic heterocycles. The largest absolute Gasteiger partial charge is 0.462 e. The molecule has 0 aliphatic carbocycles. The van der Waals surface area contributed by atoms with Crippen molar-refractivity contribution in [2.45, 2.75) is 33.4 Å². The van der Waals surface area contributed by atoms with Crippen molar-refractivity contribution >= 4 is 11.7 Å². The van der Waals surface area contributed by atoms with E-state index in [1.165, 1.54) is 6.07 Å². The molecule has 0 saturated carbocycles. The first-order valence-electron chi connectivity index (χ1n) is 5.37. The molecule has 0 bridgehead atoms. The maximum Gasteiger partial charge on any atom is 0.334 e. The first-order chi connectivity index (χ1) is 8.32. The number of rotatable bonds is 4. The number of hydrogen-bond donors (Lipinski definition) is 0. The van der Waals surface area contributed by atoms with Crippen molar-refractivity contribution in [1.82, 2.24) is 4.57 Å². The van der Waals surface area contributed by atoms with Gasteiger partial charge in [0.05, 0.1) is 11.0 Å². The van der Waals surface area contributed by atoms with Gasteiger partial charge >= 0.3 is 17.2 Å². The summed E-state index contributed by atoms with van der Waals surface area (Å²) in [7, 11) is 0. The predicted octanol–water partition coefficient (Wildman–Crippen LogP) is 1.02. The van der Waals surface area contributed by atoms with E-state index < -0.39 is 22.1 Å². The zero-order valence-corrected chi connectivity index (χ0v) is 10.4. The number of pyridine rings is 1. The van der Waals surface area contributed by atoms with Gasteiger partial charge in [0.2, 0.25) is 0 Å². The summed E-state index contributed by atoms with van der Waals surface area (Å²) < 4.78 is 5.93. The molecule has 1 aromatic rings. The Balaban J connectivity index is 3.09. The van der Waals surface area contributed by atoms with Crippen LogP contribution in [0.3, 0.4) is 0 Å². The molecule has 1 rings (SSSR count). The lowest BCUT2D eigenvalue weighted by Crippen LogP contribution is -2.29. The highest BCUT2D eigenvalue weighted by atomic mass is 16.6. The van der Waals surface area contributed by atoms with Gasteiger partial charge in [-0.05, 0) is 26.8 Å². The third-order valence-electron chi connectivity index (χ3n) is 2.22. The van der Waals surface area contributed by atoms with E-state index in [1.807, 2.05) is 0 Å². The monoisotopic (exact) mass is 254 g/mol. The molecule has 0 aliphatic rings. The molecular weight excluding hydrogens is 240 g/mol. The number of nitro groups is 1. The highest BCUT2D eigenvalue weighted by molar-refractivity contribution is 5.69. The fraction of sp³-hybridized carbons (Fsp3) is 0.455. The van der Waals surface area contributed by atoms with Gasteiger partial charge in [-0.1, -0.05) is 0 Å². The molecule has 0 N–H and O–H groups in total. The summed E-state index contributed by atoms with van der Waals surface area (Å²) in [6.45, 7) is 4.63. The van der Waals surface area contributed by atoms with Crippen molar-refractivity contribution in [3.8, 4) is 0 Å². The van der Waals surface area contributed by atoms with Gasteiger partial charge < -0.3 is 4.74 Å². The highest BCUT2D eigenvalue weighted by Gasteiger charge is 2.18. The van der Waals surface area contributed by atoms with E-state index in [2.05, 4.69) is 0 Å². The molecule has 0 fully saturated rings. The molecule has 7 nitrogen and oxygen atoms in total. The SMILES string of the molecule is Cc1ccc([N+](=O)[O-])c(=O)n1CC(=O)OC(C)C. The molecule has 0 radical (unpaired) electrons. The van der Waals surface area contributed by atoms with E-state index in [-0.39, 0.29) is 12.6 Å². The molecule has 0 atom stereocenters. The van der Waals surface area contributed by atoms with Crippen LogP contribution in [-0.2, 0) is 16.1 Å². The predicted molar refractivity (Wildman–Crippen MR) is 63.3 cm³/mol. The molecule has 0 saturated heterocycles. The summed E-state index contributed by atoms with van der Waals surface area (Å²) in [4.78, 5) is 33.1. The Morgan fingerprint density at radius 2 is 2.11 bits per heavy atom. The van der Waals surface area contributed by atoms with Crippen molar-refractivity contribution in [2.75, 3.05) is 0 Å². The second-order valence-corrected chi connectivity index (χ2v) is 4.05. The summed E-state index contributed by atoms with van der Waals surface area (Å²) in [5.74, 6) is -0.601. The molecule has 18 heavy (non-hydrogen) atoms. The lowest BCUT2D eigenvalue weighted by Gasteiger charge is -2.11. The Hall–Kier alpha value is -2.18. The van der Waals surface area contributed by atoms with Crippen LogP contribution in [0.4, 0.5) is 5.69 Å². The average molecular weight is 254 g/mol. The molecule has 0 amide bonds. The van der Waals surface area contributed by atoms with Crippen molar-refractivity contribution in [2.24, 2.45) is 0 Å². The number of ether oxygens (including phenoxy) is 1. The second-order valence-electron chi connectivity index (χ2n) is 4.05. The fourth-order valence-corrected chi connectivity index (χ4v) is 1.42. The molecule has 0 aromatic carbocycles. The van der Waals surface area contributed by atoms with Gasteiger partial charge in [0.1, 0.15) is 6.54 Å². The van der Waals surface area contributed by atoms with Crippen LogP contribution in [0.2, 0.25) is 0 Å². The number of esters is 1. The van der Waals surface area contributed by atoms with Crippen LogP contribution in [0.25, 0.3) is 0 Å². The van der Waals surface area contributed by atoms with E-state index in [4.69, 9.17) is 4.74 Å². The normalized spacial score (nSPS) is 10.4. The summed E-state index contributed by atoms with van der Waals surface area (Å²) >= 11 is 0. The number of carbonyl (C=O) groups excluding carboxylic acids is 1. The summed E-state index contributed by atoms with van der Waals surface area (Å²) in [5, 5.41) is 10.6. The maximum absolute atomic E-state index is 11.8. The fourth-order valence-electron chi connectivity index (χ4n) is 1.42. The summed E-state index contributed by atoms with van der Waals surface area (Å²) in [5.41, 5.74) is -0.898. The van der Waals surface area contributed by atoms with E-state index in [1.54, 1.807) is 20.8 Å². The Bertz CT molecular complexity index is 533. The zero-order chi connectivity index (χ0) is 13.9. The number of nitrogens with zero attached hydrogens (tertiary/aromatic N) is 2. The van der Waals surface area contributed by atoms with E-state index >= 15 is 0 Å². The van der Waals surface area contributed by atoms with Crippen LogP contribution in [0.5, 0.6) is 0 Å². The van der Waals surface area contributed by atoms with Crippen LogP contribution >= 0.6 is 0 Å². The molecule has 1 heterocycles. The minimum absolute atomic E-state index is 0.299. The smallest absolute Gasteiger partial charge is 0.334 e. The maximum atomic E-state index is 11.8. The van der Waals surface area contributed by atoms with Crippen molar-refractivity contribution in [3.63, 3.8) is 0 Å². The number of aryl methyl sites for hydroxylation is 1. The highest BCUT2D eigenvalue weighted by Crippen LogP contribution is 2.06. The lowest BCUT2D eigenvalue weighted by molar-refractivity contribution is -0.386. The van der Waals surface area contributed by atoms with Crippen LogP contribution in [0.1, 0.15) is 19.5 Å². The van der Waals surface area contributed by atoms with Gasteiger partial charge in [-0.3, -0.25) is 24.3 Å². The molecule has 7 heteroatoms. The quantitative estimate of drug-likeness (QED) is 0.454. The number of hydrogen-bond acceptors (Lipinski definition) is 5. The molecule has 0 unspecified atom stereocenters. The topological polar surface area (TPSA) is 91.4 Å². The standard InChI is InChI=1S/C11H14N2O5/c1-7(2)18-10(14)6-12-8(3)4-5-9(11(12)15)13(16)17/h4-5,7H,6H2,1-3H3. The number of carbonyl (C=O) groups is 1. The molecular formula is C11H14N2O5. The minimum Gasteiger partial charge on any atom is -0.462 e. The average Bonchev–Trinajstić information content (AvgIpc) is 2.22. The van der Waals surface area contributed by atoms with Crippen molar-refractivity contribution in [3.05, 3.63) is 38.3 Å². The number of aromatic nitrogens is 1. The van der Waals surface area contributed by atoms with Crippen LogP contribution < -0.4 is 5.56 Å². The summed E-state index contributed by atoms with van der Waals surface area (Å²) in [6.07, 6.45) is -0.299. The third-order valence-corrected chi connectivity index (χ3v) is 2.22. The first-order valence-corrected chi connectivity index (χ1v) is 5.37. The third kappa shape index (κ3) is 3.16. The molecule has 98 valence electrons. The molecule has 0 spiro atoms. The molecule has 0 aliphatic heterocycles. The second kappa shape index (κ2) is 5.44. The van der Waals surface area contributed by atoms with Gasteiger partial charge in [0, 0.05) is 11.8 Å². The van der Waals surface area contributed by atoms with Gasteiger partial charge in [-0.2, -0.15) is 0 Å². The zero-order valence-electron chi connectivity index (χ0n) is 10.4. The van der Waals surface area contributed by atoms with E-state index in [0.717, 1.165) is 10.6 Å². The van der Waals surface area contributed by atoms with Crippen molar-refractivity contribution in [1.29, 1.82) is 0 Å². The lowest BCUT2D eigenvalue weighted by atomic mass is 10.3. The first kappa shape index (κ1) is 13.9. The Kier molecular flexibility index (Phi) is 4.19. The summed E-state index contributed by atoms with van der Waals surface area (Å²) in [6, 6.07) is 2.55. The van der Waals surface area contributed by atoms with Gasteiger partial charge in [-0.15, -0.1) is 0 Å². The van der Waals surface area contributed by atoms with E-state index in [0.29, 0.717) is 5.69 Å². The van der Waals surface area contributed by atoms with Crippen LogP contribution in [0, 0.1) is 17.0 Å². The van der Waals surface area contributed by atoms with Crippen LogP contribution in [-0.4, -0.2) is 21.6 Å². The van der Waals surface area contributed by atoms with Gasteiger partial charge in [0.15, 0.2) is 0 Å². The Morgan fingerprint density at radius 3 is 2.61 bits per heavy atom. The van der Waals surface area contributed by atoms with Gasteiger partial charge in [-0.25, -0.2) is 0 Å². The van der Waals surface area contributed by atoms with Crippen LogP contribution in [0.15, 0.2) is 16.9 Å². The van der Waals surface area contributed by atoms with Gasteiger partial charge in [0.25, 0.3) is 0 Å². The Morgan fingerprint density at radius 1 is 1.50 bits per heavy atom. The van der Waals surface area contributed by atoms with Crippen molar-refractivity contribution < 1.29 is 14.5 Å². The Labute approximate surface area is 103 Å².